The number of nitrogens with two attached hydrogens (primary N) is 1. The summed E-state index contributed by atoms with van der Waals surface area (Å²) in [5.41, 5.74) is 11.8. The maximum absolute atomic E-state index is 5.80. The molecule has 1 aromatic heterocycles. The van der Waals surface area contributed by atoms with Crippen molar-refractivity contribution in [1.82, 2.24) is 9.78 Å². The molecule has 3 heteroatoms. The predicted molar refractivity (Wildman–Crippen MR) is 82.6 cm³/mol. The van der Waals surface area contributed by atoms with Crippen molar-refractivity contribution >= 4 is 10.9 Å². The summed E-state index contributed by atoms with van der Waals surface area (Å²) in [6.45, 7) is 5.52. The van der Waals surface area contributed by atoms with E-state index in [2.05, 4.69) is 54.0 Å². The Morgan fingerprint density at radius 3 is 2.70 bits per heavy atom. The molecule has 3 rings (SSSR count). The van der Waals surface area contributed by atoms with Gasteiger partial charge in [-0.1, -0.05) is 42.0 Å². The zero-order valence-corrected chi connectivity index (χ0v) is 11.9. The first-order valence-electron chi connectivity index (χ1n) is 6.89. The van der Waals surface area contributed by atoms with Gasteiger partial charge in [-0.15, -0.1) is 0 Å². The van der Waals surface area contributed by atoms with Crippen LogP contribution in [0.2, 0.25) is 0 Å². The van der Waals surface area contributed by atoms with E-state index in [1.54, 1.807) is 0 Å². The smallest absolute Gasteiger partial charge is 0.0839 e. The number of aromatic nitrogens is 2. The first-order chi connectivity index (χ1) is 9.69. The van der Waals surface area contributed by atoms with Gasteiger partial charge in [-0.3, -0.25) is 4.68 Å². The van der Waals surface area contributed by atoms with Crippen molar-refractivity contribution in [3.05, 3.63) is 64.8 Å². The number of hydrogen-bond acceptors (Lipinski definition) is 2. The van der Waals surface area contributed by atoms with Crippen molar-refractivity contribution in [2.24, 2.45) is 5.73 Å². The minimum atomic E-state index is 0.473. The molecule has 0 saturated carbocycles. The molecule has 0 spiro atoms. The first kappa shape index (κ1) is 12.9. The number of rotatable bonds is 3. The second-order valence-electron chi connectivity index (χ2n) is 5.26. The fraction of sp³-hybridized carbons (Fsp3) is 0.235. The number of aryl methyl sites for hydroxylation is 2. The molecular weight excluding hydrogens is 246 g/mol. The average Bonchev–Trinajstić information content (AvgIpc) is 2.81. The fourth-order valence-electron chi connectivity index (χ4n) is 2.60. The Balaban J connectivity index is 2.09. The Hall–Kier alpha value is -2.13. The molecule has 2 aromatic carbocycles. The number of nitrogens with zero attached hydrogens (tertiary/aromatic N) is 2. The highest BCUT2D eigenvalue weighted by Gasteiger charge is 2.09. The van der Waals surface area contributed by atoms with Gasteiger partial charge in [-0.25, -0.2) is 0 Å². The van der Waals surface area contributed by atoms with E-state index in [0.29, 0.717) is 6.54 Å². The lowest BCUT2D eigenvalue weighted by molar-refractivity contribution is 0.690. The SMILES string of the molecule is Cc1ccc(C)c(Cn2nc(CN)c3ccccc32)c1. The van der Waals surface area contributed by atoms with Crippen molar-refractivity contribution < 1.29 is 0 Å². The molecule has 102 valence electrons. The lowest BCUT2D eigenvalue weighted by atomic mass is 10.1. The van der Waals surface area contributed by atoms with Crippen LogP contribution in [0.1, 0.15) is 22.4 Å². The van der Waals surface area contributed by atoms with Gasteiger partial charge in [0, 0.05) is 11.9 Å². The molecule has 0 amide bonds. The van der Waals surface area contributed by atoms with Crippen molar-refractivity contribution in [2.45, 2.75) is 26.9 Å². The highest BCUT2D eigenvalue weighted by Crippen LogP contribution is 2.20. The predicted octanol–water partition coefficient (Wildman–Crippen LogP) is 3.16. The van der Waals surface area contributed by atoms with Gasteiger partial charge in [0.2, 0.25) is 0 Å². The number of hydrogen-bond donors (Lipinski definition) is 1. The van der Waals surface area contributed by atoms with E-state index in [1.165, 1.54) is 16.7 Å². The van der Waals surface area contributed by atoms with Gasteiger partial charge in [-0.2, -0.15) is 5.10 Å². The van der Waals surface area contributed by atoms with Gasteiger partial charge in [0.25, 0.3) is 0 Å². The Morgan fingerprint density at radius 2 is 1.90 bits per heavy atom. The van der Waals surface area contributed by atoms with E-state index in [-0.39, 0.29) is 0 Å². The van der Waals surface area contributed by atoms with Gasteiger partial charge in [-0.05, 0) is 31.0 Å². The first-order valence-corrected chi connectivity index (χ1v) is 6.89. The molecule has 20 heavy (non-hydrogen) atoms. The summed E-state index contributed by atoms with van der Waals surface area (Å²) in [7, 11) is 0. The molecule has 1 heterocycles. The van der Waals surface area contributed by atoms with Crippen LogP contribution in [-0.4, -0.2) is 9.78 Å². The van der Waals surface area contributed by atoms with Crippen LogP contribution in [0, 0.1) is 13.8 Å². The fourth-order valence-corrected chi connectivity index (χ4v) is 2.60. The normalized spacial score (nSPS) is 11.2. The van der Waals surface area contributed by atoms with Crippen LogP contribution in [-0.2, 0) is 13.1 Å². The Kier molecular flexibility index (Phi) is 3.28. The number of fused-ring (bicyclic) bond motifs is 1. The van der Waals surface area contributed by atoms with Crippen LogP contribution in [0.3, 0.4) is 0 Å². The van der Waals surface area contributed by atoms with Crippen LogP contribution in [0.5, 0.6) is 0 Å². The lowest BCUT2D eigenvalue weighted by Crippen LogP contribution is -2.05. The Labute approximate surface area is 119 Å². The summed E-state index contributed by atoms with van der Waals surface area (Å²) >= 11 is 0. The van der Waals surface area contributed by atoms with Crippen molar-refractivity contribution in [3.63, 3.8) is 0 Å². The molecule has 0 saturated heterocycles. The maximum atomic E-state index is 5.80. The van der Waals surface area contributed by atoms with Crippen molar-refractivity contribution in [1.29, 1.82) is 0 Å². The molecule has 3 aromatic rings. The van der Waals surface area contributed by atoms with Crippen molar-refractivity contribution in [3.8, 4) is 0 Å². The Morgan fingerprint density at radius 1 is 1.10 bits per heavy atom. The van der Waals surface area contributed by atoms with Gasteiger partial charge in [0.05, 0.1) is 17.8 Å². The van der Waals surface area contributed by atoms with Gasteiger partial charge >= 0.3 is 0 Å². The van der Waals surface area contributed by atoms with E-state index in [9.17, 15) is 0 Å². The largest absolute Gasteiger partial charge is 0.325 e. The molecule has 0 bridgehead atoms. The van der Waals surface area contributed by atoms with Crippen LogP contribution in [0.4, 0.5) is 0 Å². The number of benzene rings is 2. The quantitative estimate of drug-likeness (QED) is 0.790. The molecule has 0 fully saturated rings. The zero-order valence-electron chi connectivity index (χ0n) is 11.9. The molecule has 2 N–H and O–H groups in total. The molecule has 0 aliphatic carbocycles. The van der Waals surface area contributed by atoms with Gasteiger partial charge < -0.3 is 5.73 Å². The summed E-state index contributed by atoms with van der Waals surface area (Å²) in [5.74, 6) is 0. The second-order valence-corrected chi connectivity index (χ2v) is 5.26. The molecule has 3 nitrogen and oxygen atoms in total. The second kappa shape index (κ2) is 5.10. The Bertz CT molecular complexity index is 756. The lowest BCUT2D eigenvalue weighted by Gasteiger charge is -2.08. The summed E-state index contributed by atoms with van der Waals surface area (Å²) < 4.78 is 2.05. The zero-order chi connectivity index (χ0) is 14.1. The molecule has 0 atom stereocenters. The third-order valence-electron chi connectivity index (χ3n) is 3.75. The topological polar surface area (TPSA) is 43.8 Å². The monoisotopic (exact) mass is 265 g/mol. The third-order valence-corrected chi connectivity index (χ3v) is 3.75. The summed E-state index contributed by atoms with van der Waals surface area (Å²) in [4.78, 5) is 0. The molecule has 0 radical (unpaired) electrons. The minimum Gasteiger partial charge on any atom is -0.325 e. The van der Waals surface area contributed by atoms with Crippen molar-refractivity contribution in [2.75, 3.05) is 0 Å². The van der Waals surface area contributed by atoms with E-state index in [4.69, 9.17) is 5.73 Å². The van der Waals surface area contributed by atoms with Gasteiger partial charge in [0.1, 0.15) is 0 Å². The molecule has 0 aliphatic rings. The van der Waals surface area contributed by atoms with E-state index < -0.39 is 0 Å². The van der Waals surface area contributed by atoms with E-state index in [0.717, 1.165) is 23.1 Å². The molecule has 0 aliphatic heterocycles. The highest BCUT2D eigenvalue weighted by atomic mass is 15.3. The van der Waals surface area contributed by atoms with E-state index >= 15 is 0 Å². The number of para-hydroxylation sites is 1. The molecular formula is C17H19N3. The van der Waals surface area contributed by atoms with Gasteiger partial charge in [0.15, 0.2) is 0 Å². The van der Waals surface area contributed by atoms with E-state index in [1.807, 2.05) is 12.1 Å². The van der Waals surface area contributed by atoms with Crippen LogP contribution < -0.4 is 5.73 Å². The maximum Gasteiger partial charge on any atom is 0.0839 e. The van der Waals surface area contributed by atoms with Crippen LogP contribution >= 0.6 is 0 Å². The average molecular weight is 265 g/mol. The standard InChI is InChI=1S/C17H19N3/c1-12-7-8-13(2)14(9-12)11-20-17-6-4-3-5-15(17)16(10-18)19-20/h3-9H,10-11,18H2,1-2H3. The van der Waals surface area contributed by atoms with Crippen LogP contribution in [0.25, 0.3) is 10.9 Å². The summed E-state index contributed by atoms with van der Waals surface area (Å²) in [6, 6.07) is 14.8. The minimum absolute atomic E-state index is 0.473. The molecule has 0 unspecified atom stereocenters. The third kappa shape index (κ3) is 2.21. The summed E-state index contributed by atoms with van der Waals surface area (Å²) in [5, 5.41) is 5.82. The van der Waals surface area contributed by atoms with Crippen LogP contribution in [0.15, 0.2) is 42.5 Å². The summed E-state index contributed by atoms with van der Waals surface area (Å²) in [6.07, 6.45) is 0. The highest BCUT2D eigenvalue weighted by molar-refractivity contribution is 5.82.